The van der Waals surface area contributed by atoms with Crippen molar-refractivity contribution in [1.29, 1.82) is 0 Å². The van der Waals surface area contributed by atoms with Crippen molar-refractivity contribution in [2.75, 3.05) is 5.32 Å². The zero-order valence-electron chi connectivity index (χ0n) is 14.7. The van der Waals surface area contributed by atoms with Crippen LogP contribution in [0.1, 0.15) is 39.7 Å². The van der Waals surface area contributed by atoms with E-state index >= 15 is 0 Å². The van der Waals surface area contributed by atoms with Gasteiger partial charge in [0.2, 0.25) is 0 Å². The number of anilines is 1. The van der Waals surface area contributed by atoms with Gasteiger partial charge >= 0.3 is 5.97 Å². The fraction of sp³-hybridized carbons (Fsp3) is 0.316. The van der Waals surface area contributed by atoms with Crippen molar-refractivity contribution >= 4 is 34.1 Å². The first-order valence-electron chi connectivity index (χ1n) is 8.54. The molecule has 142 valence electrons. The highest BCUT2D eigenvalue weighted by molar-refractivity contribution is 7.17. The summed E-state index contributed by atoms with van der Waals surface area (Å²) in [6.45, 7) is 1.43. The number of esters is 1. The third kappa shape index (κ3) is 4.33. The highest BCUT2D eigenvalue weighted by Crippen LogP contribution is 2.38. The molecule has 2 aromatic rings. The standard InChI is InChI=1S/C19H19FN2O4S/c1-10(26-15(23)9-11-4-2-5-12(20)8-11)18(25)22-19-16(17(21)24)13-6-3-7-14(13)27-19/h2,4-5,8,10H,3,6-7,9H2,1H3,(H2,21,24)(H,22,25)/t10-/m0/s1. The van der Waals surface area contributed by atoms with Gasteiger partial charge < -0.3 is 15.8 Å². The molecule has 0 saturated heterocycles. The number of ether oxygens (including phenoxy) is 1. The fourth-order valence-electron chi connectivity index (χ4n) is 3.07. The predicted octanol–water partition coefficient (Wildman–Crippen LogP) is 2.59. The van der Waals surface area contributed by atoms with Gasteiger partial charge in [0.25, 0.3) is 11.8 Å². The number of benzene rings is 1. The lowest BCUT2D eigenvalue weighted by molar-refractivity contribution is -0.152. The molecule has 3 rings (SSSR count). The first-order valence-corrected chi connectivity index (χ1v) is 9.36. The van der Waals surface area contributed by atoms with Crippen LogP contribution in [-0.2, 0) is 33.6 Å². The molecular formula is C19H19FN2O4S. The van der Waals surface area contributed by atoms with Crippen molar-refractivity contribution in [3.63, 3.8) is 0 Å². The van der Waals surface area contributed by atoms with Gasteiger partial charge in [-0.25, -0.2) is 4.39 Å². The number of primary amides is 1. The van der Waals surface area contributed by atoms with E-state index in [0.717, 1.165) is 29.7 Å². The van der Waals surface area contributed by atoms with Gasteiger partial charge in [0, 0.05) is 4.88 Å². The number of fused-ring (bicyclic) bond motifs is 1. The lowest BCUT2D eigenvalue weighted by Gasteiger charge is -2.13. The van der Waals surface area contributed by atoms with Crippen LogP contribution >= 0.6 is 11.3 Å². The smallest absolute Gasteiger partial charge is 0.311 e. The van der Waals surface area contributed by atoms with Crippen molar-refractivity contribution < 1.29 is 23.5 Å². The molecule has 1 aliphatic rings. The molecule has 27 heavy (non-hydrogen) atoms. The molecule has 0 fully saturated rings. The summed E-state index contributed by atoms with van der Waals surface area (Å²) in [6, 6.07) is 5.61. The minimum Gasteiger partial charge on any atom is -0.452 e. The van der Waals surface area contributed by atoms with Gasteiger partial charge in [0.05, 0.1) is 12.0 Å². The van der Waals surface area contributed by atoms with Gasteiger partial charge in [-0.2, -0.15) is 0 Å². The monoisotopic (exact) mass is 390 g/mol. The van der Waals surface area contributed by atoms with Crippen LogP contribution in [0.4, 0.5) is 9.39 Å². The number of nitrogens with one attached hydrogen (secondary N) is 1. The van der Waals surface area contributed by atoms with Crippen LogP contribution in [0, 0.1) is 5.82 Å². The summed E-state index contributed by atoms with van der Waals surface area (Å²) in [7, 11) is 0. The quantitative estimate of drug-likeness (QED) is 0.741. The van der Waals surface area contributed by atoms with Crippen LogP contribution in [0.5, 0.6) is 0 Å². The predicted molar refractivity (Wildman–Crippen MR) is 99.1 cm³/mol. The number of carbonyl (C=O) groups is 3. The Hall–Kier alpha value is -2.74. The molecule has 0 bridgehead atoms. The first-order chi connectivity index (χ1) is 12.8. The third-order valence-corrected chi connectivity index (χ3v) is 5.53. The number of thiophene rings is 1. The largest absolute Gasteiger partial charge is 0.452 e. The molecular weight excluding hydrogens is 371 g/mol. The van der Waals surface area contributed by atoms with E-state index in [0.29, 0.717) is 16.1 Å². The number of amides is 2. The molecule has 0 aliphatic heterocycles. The molecule has 6 nitrogen and oxygen atoms in total. The van der Waals surface area contributed by atoms with Gasteiger partial charge in [0.1, 0.15) is 10.8 Å². The van der Waals surface area contributed by atoms with Gasteiger partial charge in [-0.3, -0.25) is 14.4 Å². The van der Waals surface area contributed by atoms with Crippen molar-refractivity contribution in [2.24, 2.45) is 5.73 Å². The van der Waals surface area contributed by atoms with Crippen LogP contribution in [-0.4, -0.2) is 23.9 Å². The SMILES string of the molecule is C[C@H](OC(=O)Cc1cccc(F)c1)C(=O)Nc1sc2c(c1C(N)=O)CCC2. The Labute approximate surface area is 159 Å². The molecule has 0 saturated carbocycles. The Morgan fingerprint density at radius 2 is 2.11 bits per heavy atom. The number of hydrogen-bond acceptors (Lipinski definition) is 5. The maximum Gasteiger partial charge on any atom is 0.311 e. The summed E-state index contributed by atoms with van der Waals surface area (Å²) < 4.78 is 18.3. The second-order valence-corrected chi connectivity index (χ2v) is 7.46. The Balaban J connectivity index is 1.63. The Kier molecular flexibility index (Phi) is 5.55. The molecule has 0 radical (unpaired) electrons. The second kappa shape index (κ2) is 7.87. The van der Waals surface area contributed by atoms with E-state index in [2.05, 4.69) is 5.32 Å². The summed E-state index contributed by atoms with van der Waals surface area (Å²) in [5.74, 6) is -2.23. The molecule has 0 spiro atoms. The molecule has 1 aromatic carbocycles. The number of carbonyl (C=O) groups excluding carboxylic acids is 3. The number of aryl methyl sites for hydroxylation is 1. The van der Waals surface area contributed by atoms with E-state index in [1.165, 1.54) is 36.5 Å². The summed E-state index contributed by atoms with van der Waals surface area (Å²) in [5, 5.41) is 3.03. The Bertz CT molecular complexity index is 909. The Morgan fingerprint density at radius 1 is 1.33 bits per heavy atom. The van der Waals surface area contributed by atoms with Crippen molar-refractivity contribution in [1.82, 2.24) is 0 Å². The summed E-state index contributed by atoms with van der Waals surface area (Å²) in [4.78, 5) is 37.2. The van der Waals surface area contributed by atoms with Crippen molar-refractivity contribution in [3.8, 4) is 0 Å². The lowest BCUT2D eigenvalue weighted by Crippen LogP contribution is -2.31. The summed E-state index contributed by atoms with van der Waals surface area (Å²) in [6.07, 6.45) is 1.37. The minimum atomic E-state index is -1.07. The molecule has 1 heterocycles. The molecule has 8 heteroatoms. The lowest BCUT2D eigenvalue weighted by atomic mass is 10.1. The zero-order chi connectivity index (χ0) is 19.6. The van der Waals surface area contributed by atoms with E-state index in [1.54, 1.807) is 6.07 Å². The van der Waals surface area contributed by atoms with E-state index in [4.69, 9.17) is 10.5 Å². The summed E-state index contributed by atoms with van der Waals surface area (Å²) >= 11 is 1.33. The average Bonchev–Trinajstić information content (AvgIpc) is 3.14. The van der Waals surface area contributed by atoms with Crippen LogP contribution < -0.4 is 11.1 Å². The van der Waals surface area contributed by atoms with Gasteiger partial charge in [0.15, 0.2) is 6.10 Å². The minimum absolute atomic E-state index is 0.144. The van der Waals surface area contributed by atoms with Crippen molar-refractivity contribution in [3.05, 3.63) is 51.7 Å². The number of halogens is 1. The maximum absolute atomic E-state index is 13.2. The molecule has 1 atom stereocenters. The van der Waals surface area contributed by atoms with Gasteiger partial charge in [-0.15, -0.1) is 11.3 Å². The third-order valence-electron chi connectivity index (χ3n) is 4.32. The molecule has 1 aromatic heterocycles. The van der Waals surface area contributed by atoms with Crippen LogP contribution in [0.2, 0.25) is 0 Å². The molecule has 1 aliphatic carbocycles. The molecule has 2 amide bonds. The van der Waals surface area contributed by atoms with Crippen molar-refractivity contribution in [2.45, 2.75) is 38.7 Å². The Morgan fingerprint density at radius 3 is 2.81 bits per heavy atom. The molecule has 3 N–H and O–H groups in total. The number of nitrogens with two attached hydrogens (primary N) is 1. The number of hydrogen-bond donors (Lipinski definition) is 2. The first kappa shape index (κ1) is 19.0. The van der Waals surface area contributed by atoms with E-state index in [1.807, 2.05) is 0 Å². The van der Waals surface area contributed by atoms with Gasteiger partial charge in [-0.1, -0.05) is 12.1 Å². The van der Waals surface area contributed by atoms with Gasteiger partial charge in [-0.05, 0) is 49.4 Å². The summed E-state index contributed by atoms with van der Waals surface area (Å²) in [5.41, 5.74) is 7.17. The maximum atomic E-state index is 13.2. The fourth-order valence-corrected chi connectivity index (χ4v) is 4.37. The highest BCUT2D eigenvalue weighted by Gasteiger charge is 2.27. The zero-order valence-corrected chi connectivity index (χ0v) is 15.5. The van der Waals surface area contributed by atoms with E-state index in [-0.39, 0.29) is 6.42 Å². The van der Waals surface area contributed by atoms with Crippen LogP contribution in [0.25, 0.3) is 0 Å². The number of rotatable bonds is 6. The normalized spacial score (nSPS) is 13.7. The highest BCUT2D eigenvalue weighted by atomic mass is 32.1. The molecule has 0 unspecified atom stereocenters. The van der Waals surface area contributed by atoms with E-state index < -0.39 is 29.7 Å². The topological polar surface area (TPSA) is 98.5 Å². The average molecular weight is 390 g/mol. The van der Waals surface area contributed by atoms with Crippen LogP contribution in [0.3, 0.4) is 0 Å². The van der Waals surface area contributed by atoms with E-state index in [9.17, 15) is 18.8 Å². The second-order valence-electron chi connectivity index (χ2n) is 6.35. The van der Waals surface area contributed by atoms with Crippen LogP contribution in [0.15, 0.2) is 24.3 Å².